The number of carbonyl (C=O) groups excluding carboxylic acids is 1. The lowest BCUT2D eigenvalue weighted by atomic mass is 10.0. The number of ether oxygens (including phenoxy) is 2. The van der Waals surface area contributed by atoms with Crippen molar-refractivity contribution in [2.24, 2.45) is 0 Å². The summed E-state index contributed by atoms with van der Waals surface area (Å²) in [5.41, 5.74) is 3.00. The van der Waals surface area contributed by atoms with Gasteiger partial charge in [0, 0.05) is 32.2 Å². The summed E-state index contributed by atoms with van der Waals surface area (Å²) in [6.07, 6.45) is 3.25. The Kier molecular flexibility index (Phi) is 7.00. The van der Waals surface area contributed by atoms with Crippen LogP contribution in [0.5, 0.6) is 5.75 Å². The van der Waals surface area contributed by atoms with Crippen LogP contribution in [0.15, 0.2) is 53.5 Å². The van der Waals surface area contributed by atoms with Gasteiger partial charge < -0.3 is 23.8 Å². The van der Waals surface area contributed by atoms with Gasteiger partial charge in [-0.15, -0.1) is 0 Å². The summed E-state index contributed by atoms with van der Waals surface area (Å²) in [5.74, 6) is 0.781. The number of fused-ring (bicyclic) bond motifs is 1. The van der Waals surface area contributed by atoms with Gasteiger partial charge in [-0.2, -0.15) is 0 Å². The number of hydrogen-bond donors (Lipinski definition) is 0. The van der Waals surface area contributed by atoms with Crippen molar-refractivity contribution < 1.29 is 14.3 Å². The average molecular weight is 479 g/mol. The number of aromatic nitrogens is 2. The number of benzene rings is 1. The highest BCUT2D eigenvalue weighted by Gasteiger charge is 2.28. The smallest absolute Gasteiger partial charge is 0.410 e. The van der Waals surface area contributed by atoms with Crippen LogP contribution < -0.4 is 15.2 Å². The van der Waals surface area contributed by atoms with Crippen LogP contribution in [0.3, 0.4) is 0 Å². The Hall–Kier alpha value is -3.55. The van der Waals surface area contributed by atoms with E-state index in [4.69, 9.17) is 9.47 Å². The van der Waals surface area contributed by atoms with Crippen LogP contribution in [0.2, 0.25) is 0 Å². The predicted octanol–water partition coefficient (Wildman–Crippen LogP) is 4.29. The quantitative estimate of drug-likeness (QED) is 0.545. The summed E-state index contributed by atoms with van der Waals surface area (Å²) in [4.78, 5) is 33.9. The normalized spacial score (nSPS) is 14.7. The summed E-state index contributed by atoms with van der Waals surface area (Å²) in [7, 11) is 3.44. The average Bonchev–Trinajstić information content (AvgIpc) is 2.84. The summed E-state index contributed by atoms with van der Waals surface area (Å²) < 4.78 is 12.5. The molecule has 0 spiro atoms. The van der Waals surface area contributed by atoms with Crippen molar-refractivity contribution in [3.63, 3.8) is 0 Å². The molecule has 0 unspecified atom stereocenters. The number of anilines is 1. The van der Waals surface area contributed by atoms with Gasteiger partial charge in [-0.25, -0.2) is 4.79 Å². The molecule has 1 saturated heterocycles. The lowest BCUT2D eigenvalue weighted by Crippen LogP contribution is -2.47. The Morgan fingerprint density at radius 1 is 1.11 bits per heavy atom. The van der Waals surface area contributed by atoms with E-state index in [1.54, 1.807) is 28.7 Å². The first-order valence-electron chi connectivity index (χ1n) is 12.0. The van der Waals surface area contributed by atoms with Crippen molar-refractivity contribution in [3.8, 4) is 5.75 Å². The van der Waals surface area contributed by atoms with E-state index in [9.17, 15) is 9.59 Å². The Morgan fingerprint density at radius 3 is 2.43 bits per heavy atom. The Morgan fingerprint density at radius 2 is 1.80 bits per heavy atom. The minimum Gasteiger partial charge on any atom is -0.497 e. The summed E-state index contributed by atoms with van der Waals surface area (Å²) in [6, 6.07) is 13.2. The molecule has 0 atom stereocenters. The van der Waals surface area contributed by atoms with Crippen LogP contribution in [-0.4, -0.2) is 59.4 Å². The van der Waals surface area contributed by atoms with Crippen LogP contribution in [0, 0.1) is 0 Å². The van der Waals surface area contributed by atoms with Gasteiger partial charge in [0.15, 0.2) is 0 Å². The molecule has 1 amide bonds. The molecule has 3 heterocycles. The summed E-state index contributed by atoms with van der Waals surface area (Å²) in [6.45, 7) is 7.67. The molecular weight excluding hydrogens is 444 g/mol. The number of pyridine rings is 2. The maximum Gasteiger partial charge on any atom is 0.410 e. The number of methoxy groups -OCH3 is 1. The number of carbonyl (C=O) groups is 1. The first-order chi connectivity index (χ1) is 16.6. The fourth-order valence-corrected chi connectivity index (χ4v) is 4.40. The number of rotatable bonds is 5. The fourth-order valence-electron chi connectivity index (χ4n) is 4.40. The topological polar surface area (TPSA) is 76.9 Å². The molecule has 2 aromatic heterocycles. The lowest BCUT2D eigenvalue weighted by Gasteiger charge is -2.38. The van der Waals surface area contributed by atoms with Crippen molar-refractivity contribution in [2.75, 3.05) is 32.1 Å². The molecule has 0 saturated carbocycles. The molecule has 8 heteroatoms. The second-order valence-corrected chi connectivity index (χ2v) is 10.0. The van der Waals surface area contributed by atoms with Gasteiger partial charge in [0.2, 0.25) is 0 Å². The summed E-state index contributed by atoms with van der Waals surface area (Å²) in [5, 5.41) is 0. The highest BCUT2D eigenvalue weighted by molar-refractivity contribution is 5.78. The Bertz CT molecular complexity index is 1240. The van der Waals surface area contributed by atoms with Gasteiger partial charge in [0.05, 0.1) is 36.6 Å². The third-order valence-corrected chi connectivity index (χ3v) is 6.38. The van der Waals surface area contributed by atoms with E-state index >= 15 is 0 Å². The molecule has 1 aliphatic rings. The van der Waals surface area contributed by atoms with Crippen molar-refractivity contribution in [2.45, 2.75) is 51.8 Å². The number of nitrogens with zero attached hydrogens (tertiary/aromatic N) is 4. The molecule has 35 heavy (non-hydrogen) atoms. The van der Waals surface area contributed by atoms with Crippen LogP contribution in [-0.2, 0) is 11.3 Å². The predicted molar refractivity (Wildman–Crippen MR) is 137 cm³/mol. The fraction of sp³-hybridized carbons (Fsp3) is 0.444. The molecule has 0 aliphatic carbocycles. The zero-order chi connectivity index (χ0) is 25.2. The lowest BCUT2D eigenvalue weighted by molar-refractivity contribution is 0.0201. The van der Waals surface area contributed by atoms with Gasteiger partial charge in [-0.3, -0.25) is 9.78 Å². The molecule has 8 nitrogen and oxygen atoms in total. The zero-order valence-corrected chi connectivity index (χ0v) is 21.2. The van der Waals surface area contributed by atoms with Gasteiger partial charge in [-0.1, -0.05) is 12.1 Å². The molecule has 1 fully saturated rings. The first kappa shape index (κ1) is 24.6. The van der Waals surface area contributed by atoms with Gasteiger partial charge in [-0.05, 0) is 63.4 Å². The first-order valence-corrected chi connectivity index (χ1v) is 12.0. The molecule has 0 bridgehead atoms. The SMILES string of the molecule is COc1ccc(Cn2c(=O)ccc3ncc(N4CCC(N(C)C(=O)OC(C)(C)C)CC4)cc32)cc1. The number of amides is 1. The second kappa shape index (κ2) is 9.98. The standard InChI is InChI=1S/C27H34N4O4/c1-27(2,3)35-26(33)29(4)20-12-14-30(15-13-20)21-16-24-23(28-17-21)10-11-25(32)31(24)18-19-6-8-22(34-5)9-7-19/h6-11,16-17,20H,12-15,18H2,1-5H3. The highest BCUT2D eigenvalue weighted by atomic mass is 16.6. The molecule has 0 radical (unpaired) electrons. The minimum atomic E-state index is -0.510. The monoisotopic (exact) mass is 478 g/mol. The second-order valence-electron chi connectivity index (χ2n) is 10.0. The van der Waals surface area contributed by atoms with Crippen molar-refractivity contribution in [3.05, 3.63) is 64.6 Å². The molecule has 186 valence electrons. The third-order valence-electron chi connectivity index (χ3n) is 6.38. The van der Waals surface area contributed by atoms with E-state index in [0.29, 0.717) is 6.54 Å². The van der Waals surface area contributed by atoms with Crippen LogP contribution in [0.1, 0.15) is 39.2 Å². The van der Waals surface area contributed by atoms with Crippen LogP contribution in [0.4, 0.5) is 10.5 Å². The van der Waals surface area contributed by atoms with E-state index in [-0.39, 0.29) is 17.7 Å². The zero-order valence-electron chi connectivity index (χ0n) is 21.2. The van der Waals surface area contributed by atoms with Crippen LogP contribution >= 0.6 is 0 Å². The largest absolute Gasteiger partial charge is 0.497 e. The van der Waals surface area contributed by atoms with Crippen molar-refractivity contribution >= 4 is 22.8 Å². The van der Waals surface area contributed by atoms with E-state index in [1.165, 1.54) is 0 Å². The molecule has 1 aromatic carbocycles. The number of piperidine rings is 1. The maximum absolute atomic E-state index is 12.8. The molecule has 4 rings (SSSR count). The molecular formula is C27H34N4O4. The van der Waals surface area contributed by atoms with Gasteiger partial charge in [0.1, 0.15) is 11.4 Å². The van der Waals surface area contributed by atoms with E-state index in [1.807, 2.05) is 64.3 Å². The molecule has 3 aromatic rings. The Balaban J connectivity index is 1.51. The maximum atomic E-state index is 12.8. The van der Waals surface area contributed by atoms with Gasteiger partial charge >= 0.3 is 6.09 Å². The van der Waals surface area contributed by atoms with E-state index in [2.05, 4.69) is 9.88 Å². The van der Waals surface area contributed by atoms with Crippen LogP contribution in [0.25, 0.3) is 11.0 Å². The van der Waals surface area contributed by atoms with E-state index < -0.39 is 5.60 Å². The third kappa shape index (κ3) is 5.75. The van der Waals surface area contributed by atoms with Crippen molar-refractivity contribution in [1.29, 1.82) is 0 Å². The highest BCUT2D eigenvalue weighted by Crippen LogP contribution is 2.25. The molecule has 0 N–H and O–H groups in total. The summed E-state index contributed by atoms with van der Waals surface area (Å²) >= 11 is 0. The minimum absolute atomic E-state index is 0.0649. The Labute approximate surface area is 206 Å². The molecule has 1 aliphatic heterocycles. The van der Waals surface area contributed by atoms with Crippen molar-refractivity contribution in [1.82, 2.24) is 14.5 Å². The van der Waals surface area contributed by atoms with Gasteiger partial charge in [0.25, 0.3) is 5.56 Å². The van der Waals surface area contributed by atoms with E-state index in [0.717, 1.165) is 54.0 Å². The number of hydrogen-bond acceptors (Lipinski definition) is 6.